The van der Waals surface area contributed by atoms with E-state index in [1.807, 2.05) is 13.0 Å². The summed E-state index contributed by atoms with van der Waals surface area (Å²) in [7, 11) is 0. The predicted octanol–water partition coefficient (Wildman–Crippen LogP) is 3.48. The van der Waals surface area contributed by atoms with E-state index in [-0.39, 0.29) is 11.9 Å². The Labute approximate surface area is 144 Å². The van der Waals surface area contributed by atoms with E-state index < -0.39 is 0 Å². The third-order valence-corrected chi connectivity index (χ3v) is 5.19. The first-order valence-corrected chi connectivity index (χ1v) is 9.32. The zero-order valence-electron chi connectivity index (χ0n) is 14.7. The molecule has 130 valence electrons. The summed E-state index contributed by atoms with van der Waals surface area (Å²) in [6.45, 7) is 4.84. The molecule has 1 aliphatic rings. The first-order valence-electron chi connectivity index (χ1n) is 9.32. The topological polar surface area (TPSA) is 48.1 Å². The average Bonchev–Trinajstić information content (AvgIpc) is 2.97. The number of H-pyrrole nitrogens is 1. The molecule has 0 bridgehead atoms. The van der Waals surface area contributed by atoms with Gasteiger partial charge in [0.2, 0.25) is 5.91 Å². The van der Waals surface area contributed by atoms with E-state index in [0.29, 0.717) is 6.54 Å². The second-order valence-electron chi connectivity index (χ2n) is 6.88. The van der Waals surface area contributed by atoms with Crippen molar-refractivity contribution in [3.05, 3.63) is 36.0 Å². The molecule has 1 aromatic carbocycles. The molecular formula is C20H29N3O. The van der Waals surface area contributed by atoms with Crippen LogP contribution in [0.3, 0.4) is 0 Å². The Morgan fingerprint density at radius 3 is 2.67 bits per heavy atom. The van der Waals surface area contributed by atoms with E-state index in [1.54, 1.807) is 0 Å². The van der Waals surface area contributed by atoms with Crippen molar-refractivity contribution < 1.29 is 4.79 Å². The van der Waals surface area contributed by atoms with Crippen LogP contribution >= 0.6 is 0 Å². The molecule has 4 heteroatoms. The van der Waals surface area contributed by atoms with Crippen molar-refractivity contribution in [3.8, 4) is 0 Å². The second-order valence-corrected chi connectivity index (χ2v) is 6.88. The zero-order valence-corrected chi connectivity index (χ0v) is 14.7. The summed E-state index contributed by atoms with van der Waals surface area (Å²) in [4.78, 5) is 18.1. The van der Waals surface area contributed by atoms with E-state index in [4.69, 9.17) is 0 Å². The highest BCUT2D eigenvalue weighted by Crippen LogP contribution is 2.18. The molecule has 1 saturated heterocycles. The van der Waals surface area contributed by atoms with Gasteiger partial charge < -0.3 is 10.3 Å². The quantitative estimate of drug-likeness (QED) is 0.883. The monoisotopic (exact) mass is 327 g/mol. The third kappa shape index (κ3) is 4.18. The average molecular weight is 327 g/mol. The molecule has 4 nitrogen and oxygen atoms in total. The molecule has 1 atom stereocenters. The van der Waals surface area contributed by atoms with Crippen molar-refractivity contribution >= 4 is 16.8 Å². The number of nitrogens with zero attached hydrogens (tertiary/aromatic N) is 1. The van der Waals surface area contributed by atoms with Gasteiger partial charge in [-0.25, -0.2) is 0 Å². The number of aromatic nitrogens is 1. The fraction of sp³-hybridized carbons (Fsp3) is 0.550. The highest BCUT2D eigenvalue weighted by molar-refractivity contribution is 5.83. The van der Waals surface area contributed by atoms with Crippen molar-refractivity contribution in [2.24, 2.45) is 0 Å². The molecule has 1 fully saturated rings. The number of hydrogen-bond donors (Lipinski definition) is 2. The second kappa shape index (κ2) is 8.34. The Balaban J connectivity index is 1.49. The number of carbonyl (C=O) groups excluding carboxylic acids is 1. The lowest BCUT2D eigenvalue weighted by Gasteiger charge is -2.29. The summed E-state index contributed by atoms with van der Waals surface area (Å²) in [6.07, 6.45) is 9.29. The molecule has 0 aliphatic carbocycles. The molecule has 1 aromatic heterocycles. The predicted molar refractivity (Wildman–Crippen MR) is 99.1 cm³/mol. The number of carbonyl (C=O) groups is 1. The van der Waals surface area contributed by atoms with Gasteiger partial charge >= 0.3 is 0 Å². The van der Waals surface area contributed by atoms with Crippen molar-refractivity contribution in [2.75, 3.05) is 19.6 Å². The van der Waals surface area contributed by atoms with Crippen LogP contribution in [0.5, 0.6) is 0 Å². The van der Waals surface area contributed by atoms with E-state index in [9.17, 15) is 4.79 Å². The molecule has 0 spiro atoms. The van der Waals surface area contributed by atoms with Crippen molar-refractivity contribution in [3.63, 3.8) is 0 Å². The fourth-order valence-electron chi connectivity index (χ4n) is 3.63. The number of nitrogens with one attached hydrogen (secondary N) is 2. The highest BCUT2D eigenvalue weighted by Gasteiger charge is 2.21. The van der Waals surface area contributed by atoms with Gasteiger partial charge in [-0.15, -0.1) is 0 Å². The lowest BCUT2D eigenvalue weighted by Crippen LogP contribution is -2.46. The molecule has 1 aliphatic heterocycles. The number of hydrogen-bond acceptors (Lipinski definition) is 2. The zero-order chi connectivity index (χ0) is 16.8. The SMILES string of the molecule is C[C@@H](C(=O)NCCc1c[nH]c2ccccc12)N1CCCCCCC1. The summed E-state index contributed by atoms with van der Waals surface area (Å²) in [5.74, 6) is 0.162. The van der Waals surface area contributed by atoms with Gasteiger partial charge in [-0.3, -0.25) is 9.69 Å². The minimum Gasteiger partial charge on any atom is -0.361 e. The molecule has 1 amide bonds. The Morgan fingerprint density at radius 1 is 1.17 bits per heavy atom. The molecule has 0 unspecified atom stereocenters. The summed E-state index contributed by atoms with van der Waals surface area (Å²) in [5.41, 5.74) is 2.43. The standard InChI is InChI=1S/C20H29N3O/c1-16(23-13-7-3-2-4-8-14-23)20(24)21-12-11-17-15-22-19-10-6-5-9-18(17)19/h5-6,9-10,15-16,22H,2-4,7-8,11-14H2,1H3,(H,21,24)/t16-/m0/s1. The van der Waals surface area contributed by atoms with Crippen LogP contribution in [0.1, 0.15) is 44.6 Å². The number of rotatable bonds is 5. The molecule has 3 rings (SSSR count). The molecule has 2 aromatic rings. The third-order valence-electron chi connectivity index (χ3n) is 5.19. The lowest BCUT2D eigenvalue weighted by atomic mass is 10.1. The van der Waals surface area contributed by atoms with Crippen LogP contribution < -0.4 is 5.32 Å². The van der Waals surface area contributed by atoms with Crippen LogP contribution in [-0.2, 0) is 11.2 Å². The van der Waals surface area contributed by atoms with Gasteiger partial charge in [-0.1, -0.05) is 37.5 Å². The number of para-hydroxylation sites is 1. The molecular weight excluding hydrogens is 298 g/mol. The van der Waals surface area contributed by atoms with Gasteiger partial charge in [0.15, 0.2) is 0 Å². The van der Waals surface area contributed by atoms with Crippen LogP contribution in [0.25, 0.3) is 10.9 Å². The van der Waals surface area contributed by atoms with Gasteiger partial charge in [0.1, 0.15) is 0 Å². The Hall–Kier alpha value is -1.81. The van der Waals surface area contributed by atoms with Crippen LogP contribution in [0.2, 0.25) is 0 Å². The maximum Gasteiger partial charge on any atom is 0.237 e. The van der Waals surface area contributed by atoms with Gasteiger partial charge in [-0.2, -0.15) is 0 Å². The summed E-state index contributed by atoms with van der Waals surface area (Å²) < 4.78 is 0. The van der Waals surface area contributed by atoms with E-state index >= 15 is 0 Å². The van der Waals surface area contributed by atoms with Crippen molar-refractivity contribution in [1.82, 2.24) is 15.2 Å². The van der Waals surface area contributed by atoms with Crippen LogP contribution in [-0.4, -0.2) is 41.5 Å². The Kier molecular flexibility index (Phi) is 5.91. The van der Waals surface area contributed by atoms with Crippen LogP contribution in [0, 0.1) is 0 Å². The Bertz CT molecular complexity index is 656. The highest BCUT2D eigenvalue weighted by atomic mass is 16.2. The van der Waals surface area contributed by atoms with E-state index in [1.165, 1.54) is 43.1 Å². The van der Waals surface area contributed by atoms with Gasteiger partial charge in [0, 0.05) is 23.6 Å². The van der Waals surface area contributed by atoms with E-state index in [0.717, 1.165) is 25.0 Å². The van der Waals surface area contributed by atoms with Gasteiger partial charge in [-0.05, 0) is 50.9 Å². The lowest BCUT2D eigenvalue weighted by molar-refractivity contribution is -0.126. The van der Waals surface area contributed by atoms with Crippen molar-refractivity contribution in [1.29, 1.82) is 0 Å². The summed E-state index contributed by atoms with van der Waals surface area (Å²) in [6, 6.07) is 8.29. The smallest absolute Gasteiger partial charge is 0.237 e. The number of benzene rings is 1. The van der Waals surface area contributed by atoms with E-state index in [2.05, 4.69) is 39.6 Å². The first kappa shape index (κ1) is 17.0. The summed E-state index contributed by atoms with van der Waals surface area (Å²) in [5, 5.41) is 4.38. The Morgan fingerprint density at radius 2 is 1.88 bits per heavy atom. The normalized spacial score (nSPS) is 18.0. The van der Waals surface area contributed by atoms with Crippen molar-refractivity contribution in [2.45, 2.75) is 51.5 Å². The molecule has 24 heavy (non-hydrogen) atoms. The maximum atomic E-state index is 12.5. The van der Waals surface area contributed by atoms with Crippen LogP contribution in [0.15, 0.2) is 30.5 Å². The molecule has 0 radical (unpaired) electrons. The minimum absolute atomic E-state index is 0.0222. The van der Waals surface area contributed by atoms with Gasteiger partial charge in [0.05, 0.1) is 6.04 Å². The minimum atomic E-state index is -0.0222. The molecule has 0 saturated carbocycles. The van der Waals surface area contributed by atoms with Gasteiger partial charge in [0.25, 0.3) is 0 Å². The largest absolute Gasteiger partial charge is 0.361 e. The molecule has 2 N–H and O–H groups in total. The number of fused-ring (bicyclic) bond motifs is 1. The fourth-order valence-corrected chi connectivity index (χ4v) is 3.63. The maximum absolute atomic E-state index is 12.5. The number of amides is 1. The number of likely N-dealkylation sites (tertiary alicyclic amines) is 1. The van der Waals surface area contributed by atoms with Crippen LogP contribution in [0.4, 0.5) is 0 Å². The first-order chi connectivity index (χ1) is 11.8. The number of aromatic amines is 1. The molecule has 2 heterocycles. The summed E-state index contributed by atoms with van der Waals surface area (Å²) >= 11 is 0.